The number of halogens is 3. The van der Waals surface area contributed by atoms with Crippen molar-refractivity contribution in [3.63, 3.8) is 0 Å². The molecule has 6 heteroatoms. The third-order valence-electron chi connectivity index (χ3n) is 5.04. The zero-order valence-corrected chi connectivity index (χ0v) is 13.8. The van der Waals surface area contributed by atoms with E-state index in [1.165, 1.54) is 4.90 Å². The lowest BCUT2D eigenvalue weighted by atomic mass is 9.82. The van der Waals surface area contributed by atoms with Crippen LogP contribution in [0.15, 0.2) is 30.3 Å². The molecule has 2 aliphatic rings. The van der Waals surface area contributed by atoms with Gasteiger partial charge in [0.15, 0.2) is 0 Å². The lowest BCUT2D eigenvalue weighted by Crippen LogP contribution is -2.55. The van der Waals surface area contributed by atoms with E-state index in [0.29, 0.717) is 31.8 Å². The Morgan fingerprint density at radius 2 is 1.92 bits per heavy atom. The van der Waals surface area contributed by atoms with Crippen LogP contribution in [0.1, 0.15) is 31.4 Å². The van der Waals surface area contributed by atoms with Gasteiger partial charge < -0.3 is 4.90 Å². The maximum Gasteiger partial charge on any atom is 0.401 e. The molecule has 0 aromatic heterocycles. The predicted octanol–water partition coefficient (Wildman–Crippen LogP) is 3.48. The Kier molecular flexibility index (Phi) is 4.85. The molecule has 0 N–H and O–H groups in total. The molecule has 0 saturated carbocycles. The molecule has 1 aromatic rings. The van der Waals surface area contributed by atoms with Crippen molar-refractivity contribution in [2.24, 2.45) is 11.8 Å². The monoisotopic (exact) mass is 340 g/mol. The second-order valence-electron chi connectivity index (χ2n) is 7.01. The van der Waals surface area contributed by atoms with Crippen molar-refractivity contribution in [3.05, 3.63) is 35.9 Å². The summed E-state index contributed by atoms with van der Waals surface area (Å²) in [5, 5.41) is 0. The van der Waals surface area contributed by atoms with Gasteiger partial charge >= 0.3 is 6.18 Å². The molecular formula is C18H23F3N2O. The number of rotatable bonds is 3. The third-order valence-corrected chi connectivity index (χ3v) is 5.04. The van der Waals surface area contributed by atoms with Crippen LogP contribution in [-0.2, 0) is 4.79 Å². The summed E-state index contributed by atoms with van der Waals surface area (Å²) < 4.78 is 37.8. The van der Waals surface area contributed by atoms with Gasteiger partial charge in [-0.05, 0) is 30.9 Å². The van der Waals surface area contributed by atoms with E-state index >= 15 is 0 Å². The second-order valence-corrected chi connectivity index (χ2v) is 7.01. The van der Waals surface area contributed by atoms with E-state index in [4.69, 9.17) is 0 Å². The summed E-state index contributed by atoms with van der Waals surface area (Å²) in [7, 11) is 0. The molecule has 2 aliphatic heterocycles. The fraction of sp³-hybridized carbons (Fsp3) is 0.611. The Morgan fingerprint density at radius 3 is 2.54 bits per heavy atom. The van der Waals surface area contributed by atoms with Gasteiger partial charge in [-0.3, -0.25) is 9.69 Å². The molecule has 0 aliphatic carbocycles. The van der Waals surface area contributed by atoms with Crippen molar-refractivity contribution in [1.29, 1.82) is 0 Å². The first-order valence-electron chi connectivity index (χ1n) is 8.49. The Labute approximate surface area is 140 Å². The SMILES string of the molecule is CC1CN(C(=O)C2CCCN(CC(F)(F)F)C2)C1c1ccccc1. The first-order valence-corrected chi connectivity index (χ1v) is 8.49. The fourth-order valence-electron chi connectivity index (χ4n) is 3.97. The summed E-state index contributed by atoms with van der Waals surface area (Å²) >= 11 is 0. The van der Waals surface area contributed by atoms with E-state index in [0.717, 1.165) is 5.56 Å². The average molecular weight is 340 g/mol. The number of benzene rings is 1. The molecule has 132 valence electrons. The maximum atomic E-state index is 12.8. The average Bonchev–Trinajstić information content (AvgIpc) is 2.51. The van der Waals surface area contributed by atoms with Crippen LogP contribution in [0.4, 0.5) is 13.2 Å². The fourth-order valence-corrected chi connectivity index (χ4v) is 3.97. The lowest BCUT2D eigenvalue weighted by molar-refractivity contribution is -0.159. The molecule has 1 aromatic carbocycles. The molecule has 0 spiro atoms. The number of hydrogen-bond acceptors (Lipinski definition) is 2. The minimum Gasteiger partial charge on any atom is -0.335 e. The number of amides is 1. The first kappa shape index (κ1) is 17.3. The van der Waals surface area contributed by atoms with E-state index in [1.807, 2.05) is 35.2 Å². The first-order chi connectivity index (χ1) is 11.3. The minimum atomic E-state index is -4.21. The quantitative estimate of drug-likeness (QED) is 0.841. The van der Waals surface area contributed by atoms with Crippen LogP contribution in [-0.4, -0.2) is 48.1 Å². The molecule has 0 bridgehead atoms. The summed E-state index contributed by atoms with van der Waals surface area (Å²) in [6.45, 7) is 2.51. The van der Waals surface area contributed by atoms with Gasteiger partial charge in [0.25, 0.3) is 0 Å². The van der Waals surface area contributed by atoms with Gasteiger partial charge in [0, 0.05) is 13.1 Å². The molecule has 1 amide bonds. The van der Waals surface area contributed by atoms with Gasteiger partial charge in [-0.2, -0.15) is 13.2 Å². The van der Waals surface area contributed by atoms with Crippen LogP contribution in [0.5, 0.6) is 0 Å². The van der Waals surface area contributed by atoms with Crippen LogP contribution in [0.3, 0.4) is 0 Å². The van der Waals surface area contributed by atoms with E-state index < -0.39 is 12.7 Å². The Hall–Kier alpha value is -1.56. The Bertz CT molecular complexity index is 575. The van der Waals surface area contributed by atoms with Crippen LogP contribution in [0.25, 0.3) is 0 Å². The molecule has 2 heterocycles. The van der Waals surface area contributed by atoms with Crippen molar-refractivity contribution in [1.82, 2.24) is 9.80 Å². The lowest BCUT2D eigenvalue weighted by Gasteiger charge is -2.49. The van der Waals surface area contributed by atoms with Crippen molar-refractivity contribution >= 4 is 5.91 Å². The number of nitrogens with zero attached hydrogens (tertiary/aromatic N) is 2. The number of likely N-dealkylation sites (tertiary alicyclic amines) is 2. The maximum absolute atomic E-state index is 12.8. The Balaban J connectivity index is 1.65. The minimum absolute atomic E-state index is 0.00817. The Morgan fingerprint density at radius 1 is 1.21 bits per heavy atom. The third kappa shape index (κ3) is 3.74. The number of carbonyl (C=O) groups excluding carboxylic acids is 1. The van der Waals surface area contributed by atoms with Crippen LogP contribution >= 0.6 is 0 Å². The van der Waals surface area contributed by atoms with Gasteiger partial charge in [-0.15, -0.1) is 0 Å². The smallest absolute Gasteiger partial charge is 0.335 e. The van der Waals surface area contributed by atoms with E-state index in [2.05, 4.69) is 6.92 Å². The summed E-state index contributed by atoms with van der Waals surface area (Å²) in [5.41, 5.74) is 1.10. The molecule has 3 nitrogen and oxygen atoms in total. The molecular weight excluding hydrogens is 317 g/mol. The molecule has 2 saturated heterocycles. The number of alkyl halides is 3. The van der Waals surface area contributed by atoms with Crippen molar-refractivity contribution in [2.45, 2.75) is 32.0 Å². The highest BCUT2D eigenvalue weighted by Gasteiger charge is 2.43. The van der Waals surface area contributed by atoms with Crippen LogP contribution < -0.4 is 0 Å². The normalized spacial score (nSPS) is 28.5. The van der Waals surface area contributed by atoms with Crippen molar-refractivity contribution in [3.8, 4) is 0 Å². The number of piperidine rings is 1. The standard InChI is InChI=1S/C18H23F3N2O/c1-13-10-23(16(13)14-6-3-2-4-7-14)17(24)15-8-5-9-22(11-15)12-18(19,20)21/h2-4,6-7,13,15-16H,5,8-12H2,1H3. The van der Waals surface area contributed by atoms with E-state index in [-0.39, 0.29) is 24.4 Å². The van der Waals surface area contributed by atoms with E-state index in [9.17, 15) is 18.0 Å². The van der Waals surface area contributed by atoms with E-state index in [1.54, 1.807) is 0 Å². The van der Waals surface area contributed by atoms with Crippen molar-refractivity contribution < 1.29 is 18.0 Å². The molecule has 3 unspecified atom stereocenters. The van der Waals surface area contributed by atoms with Gasteiger partial charge in [-0.25, -0.2) is 0 Å². The highest BCUT2D eigenvalue weighted by Crippen LogP contribution is 2.40. The topological polar surface area (TPSA) is 23.6 Å². The van der Waals surface area contributed by atoms with Gasteiger partial charge in [0.05, 0.1) is 18.5 Å². The molecule has 3 rings (SSSR count). The molecule has 3 atom stereocenters. The number of carbonyl (C=O) groups is 1. The highest BCUT2D eigenvalue weighted by atomic mass is 19.4. The van der Waals surface area contributed by atoms with Gasteiger partial charge in [0.1, 0.15) is 0 Å². The van der Waals surface area contributed by atoms with Crippen LogP contribution in [0.2, 0.25) is 0 Å². The van der Waals surface area contributed by atoms with Crippen molar-refractivity contribution in [2.75, 3.05) is 26.2 Å². The molecule has 24 heavy (non-hydrogen) atoms. The molecule has 2 fully saturated rings. The zero-order valence-electron chi connectivity index (χ0n) is 13.8. The summed E-state index contributed by atoms with van der Waals surface area (Å²) in [4.78, 5) is 16.1. The number of hydrogen-bond donors (Lipinski definition) is 0. The zero-order chi connectivity index (χ0) is 17.3. The largest absolute Gasteiger partial charge is 0.401 e. The second kappa shape index (κ2) is 6.75. The van der Waals surface area contributed by atoms with Gasteiger partial charge in [0.2, 0.25) is 5.91 Å². The highest BCUT2D eigenvalue weighted by molar-refractivity contribution is 5.80. The molecule has 0 radical (unpaired) electrons. The summed E-state index contributed by atoms with van der Waals surface area (Å²) in [5.74, 6) is 0.0693. The summed E-state index contributed by atoms with van der Waals surface area (Å²) in [6.07, 6.45) is -2.88. The van der Waals surface area contributed by atoms with Crippen LogP contribution in [0, 0.1) is 11.8 Å². The predicted molar refractivity (Wildman–Crippen MR) is 85.3 cm³/mol. The summed E-state index contributed by atoms with van der Waals surface area (Å²) in [6, 6.07) is 9.92. The van der Waals surface area contributed by atoms with Gasteiger partial charge in [-0.1, -0.05) is 37.3 Å².